The largest absolute Gasteiger partial charge is 0.324 e. The molecule has 5 nitrogen and oxygen atoms in total. The maximum absolute atomic E-state index is 12.0. The molecule has 0 aliphatic heterocycles. The van der Waals surface area contributed by atoms with Gasteiger partial charge in [-0.05, 0) is 46.9 Å². The average molecular weight is 453 g/mol. The molecule has 0 unspecified atom stereocenters. The van der Waals surface area contributed by atoms with Gasteiger partial charge in [0.2, 0.25) is 0 Å². The molecule has 0 saturated heterocycles. The van der Waals surface area contributed by atoms with Gasteiger partial charge in [0.1, 0.15) is 0 Å². The average Bonchev–Trinajstić information content (AvgIpc) is 2.83. The number of carbonyl (C=O) groups excluding carboxylic acids is 1. The van der Waals surface area contributed by atoms with Crippen LogP contribution in [0.15, 0.2) is 34.8 Å². The molecule has 0 fully saturated rings. The Bertz CT molecular complexity index is 659. The minimum Gasteiger partial charge on any atom is -0.320 e. The first-order chi connectivity index (χ1) is 8.97. The Kier molecular flexibility index (Phi) is 4.53. The zero-order chi connectivity index (χ0) is 14.0. The first-order valence-electron chi connectivity index (χ1n) is 4.98. The molecule has 0 saturated carbocycles. The summed E-state index contributed by atoms with van der Waals surface area (Å²) in [5.41, 5.74) is 0.663. The number of hydrogen-bond donors (Lipinski definition) is 1. The molecule has 0 bridgehead atoms. The predicted molar refractivity (Wildman–Crippen MR) is 85.8 cm³/mol. The van der Waals surface area contributed by atoms with Gasteiger partial charge in [-0.15, -0.1) is 0 Å². The van der Waals surface area contributed by atoms with E-state index in [-0.39, 0.29) is 10.9 Å². The zero-order valence-corrected chi connectivity index (χ0v) is 13.8. The zero-order valence-electron chi connectivity index (χ0n) is 9.22. The lowest BCUT2D eigenvalue weighted by Gasteiger charge is -2.06. The van der Waals surface area contributed by atoms with E-state index in [1.807, 2.05) is 12.1 Å². The second-order valence-electron chi connectivity index (χ2n) is 3.47. The van der Waals surface area contributed by atoms with Crippen molar-refractivity contribution >= 4 is 66.5 Å². The molecule has 1 aromatic heterocycles. The summed E-state index contributed by atoms with van der Waals surface area (Å²) < 4.78 is 1.74. The summed E-state index contributed by atoms with van der Waals surface area (Å²) in [5, 5.41) is 13.3. The van der Waals surface area contributed by atoms with E-state index in [1.54, 1.807) is 6.07 Å². The van der Waals surface area contributed by atoms with Crippen molar-refractivity contribution in [3.05, 3.63) is 53.4 Å². The monoisotopic (exact) mass is 452 g/mol. The summed E-state index contributed by atoms with van der Waals surface area (Å²) in [6, 6.07) is 8.28. The molecule has 1 N–H and O–H groups in total. The van der Waals surface area contributed by atoms with Crippen LogP contribution in [-0.4, -0.2) is 10.8 Å². The van der Waals surface area contributed by atoms with Gasteiger partial charge in [0.05, 0.1) is 15.5 Å². The summed E-state index contributed by atoms with van der Waals surface area (Å²) in [6.45, 7) is 0. The molecule has 1 heterocycles. The van der Waals surface area contributed by atoms with Crippen LogP contribution in [-0.2, 0) is 0 Å². The van der Waals surface area contributed by atoms with E-state index in [0.29, 0.717) is 10.6 Å². The van der Waals surface area contributed by atoms with Crippen LogP contribution in [0.25, 0.3) is 0 Å². The number of halogens is 2. The number of amides is 1. The quantitative estimate of drug-likeness (QED) is 0.429. The Morgan fingerprint density at radius 1 is 1.37 bits per heavy atom. The van der Waals surface area contributed by atoms with Gasteiger partial charge in [-0.3, -0.25) is 14.9 Å². The van der Waals surface area contributed by atoms with E-state index in [0.717, 1.165) is 19.4 Å². The summed E-state index contributed by atoms with van der Waals surface area (Å²) in [6.07, 6.45) is 0. The van der Waals surface area contributed by atoms with Gasteiger partial charge in [0, 0.05) is 14.1 Å². The summed E-state index contributed by atoms with van der Waals surface area (Å²) in [7, 11) is 0. The molecule has 0 spiro atoms. The number of anilines is 1. The molecule has 1 amide bonds. The summed E-state index contributed by atoms with van der Waals surface area (Å²) in [4.78, 5) is 22.3. The lowest BCUT2D eigenvalue weighted by molar-refractivity contribution is -0.380. The lowest BCUT2D eigenvalue weighted by atomic mass is 10.3. The summed E-state index contributed by atoms with van der Waals surface area (Å²) >= 11 is 6.28. The SMILES string of the molecule is O=C(Nc1cc(Br)ccc1I)c1ccc([N+](=O)[O-])s1. The van der Waals surface area contributed by atoms with Crippen LogP contribution < -0.4 is 5.32 Å². The molecule has 0 aliphatic rings. The normalized spacial score (nSPS) is 10.2. The molecule has 8 heteroatoms. The van der Waals surface area contributed by atoms with Crippen LogP contribution in [0.2, 0.25) is 0 Å². The highest BCUT2D eigenvalue weighted by Gasteiger charge is 2.16. The van der Waals surface area contributed by atoms with Crippen molar-refractivity contribution in [2.45, 2.75) is 0 Å². The van der Waals surface area contributed by atoms with E-state index < -0.39 is 4.92 Å². The third kappa shape index (κ3) is 3.51. The van der Waals surface area contributed by atoms with Crippen molar-refractivity contribution in [2.75, 3.05) is 5.32 Å². The number of nitrogens with zero attached hydrogens (tertiary/aromatic N) is 1. The smallest absolute Gasteiger partial charge is 0.320 e. The Morgan fingerprint density at radius 3 is 2.74 bits per heavy atom. The molecule has 19 heavy (non-hydrogen) atoms. The highest BCUT2D eigenvalue weighted by Crippen LogP contribution is 2.27. The van der Waals surface area contributed by atoms with Gasteiger partial charge in [-0.1, -0.05) is 27.3 Å². The Labute approximate surface area is 134 Å². The first kappa shape index (κ1) is 14.4. The number of nitro groups is 1. The third-order valence-electron chi connectivity index (χ3n) is 2.17. The van der Waals surface area contributed by atoms with Gasteiger partial charge >= 0.3 is 5.00 Å². The molecular weight excluding hydrogens is 447 g/mol. The number of rotatable bonds is 3. The molecule has 2 rings (SSSR count). The molecule has 1 aromatic carbocycles. The van der Waals surface area contributed by atoms with Gasteiger partial charge in [-0.2, -0.15) is 0 Å². The molecule has 98 valence electrons. The standard InChI is InChI=1S/C11H6BrIN2O3S/c12-6-1-2-7(13)8(5-6)14-11(16)9-3-4-10(19-9)15(17)18/h1-5H,(H,14,16). The fraction of sp³-hybridized carbons (Fsp3) is 0. The molecule has 0 radical (unpaired) electrons. The van der Waals surface area contributed by atoms with Crippen LogP contribution in [0.1, 0.15) is 9.67 Å². The van der Waals surface area contributed by atoms with Crippen LogP contribution >= 0.6 is 49.9 Å². The van der Waals surface area contributed by atoms with Crippen LogP contribution in [0, 0.1) is 13.7 Å². The van der Waals surface area contributed by atoms with Crippen molar-refractivity contribution in [1.29, 1.82) is 0 Å². The van der Waals surface area contributed by atoms with Gasteiger partial charge < -0.3 is 5.32 Å². The lowest BCUT2D eigenvalue weighted by Crippen LogP contribution is -2.11. The van der Waals surface area contributed by atoms with Crippen LogP contribution in [0.3, 0.4) is 0 Å². The molecule has 2 aromatic rings. The number of carbonyl (C=O) groups is 1. The molecular formula is C11H6BrIN2O3S. The van der Waals surface area contributed by atoms with E-state index >= 15 is 0 Å². The first-order valence-corrected chi connectivity index (χ1v) is 7.67. The predicted octanol–water partition coefficient (Wildman–Crippen LogP) is 4.28. The van der Waals surface area contributed by atoms with Crippen molar-refractivity contribution in [1.82, 2.24) is 0 Å². The Balaban J connectivity index is 2.20. The fourth-order valence-electron chi connectivity index (χ4n) is 1.33. The van der Waals surface area contributed by atoms with Crippen LogP contribution in [0.4, 0.5) is 10.7 Å². The van der Waals surface area contributed by atoms with E-state index in [4.69, 9.17) is 0 Å². The van der Waals surface area contributed by atoms with E-state index in [2.05, 4.69) is 43.8 Å². The number of nitrogens with one attached hydrogen (secondary N) is 1. The minimum absolute atomic E-state index is 0.0471. The van der Waals surface area contributed by atoms with Gasteiger partial charge in [0.25, 0.3) is 5.91 Å². The van der Waals surface area contributed by atoms with Gasteiger partial charge in [0.15, 0.2) is 0 Å². The van der Waals surface area contributed by atoms with Crippen molar-refractivity contribution in [3.63, 3.8) is 0 Å². The Morgan fingerprint density at radius 2 is 2.11 bits per heavy atom. The van der Waals surface area contributed by atoms with E-state index in [9.17, 15) is 14.9 Å². The third-order valence-corrected chi connectivity index (χ3v) is 4.64. The van der Waals surface area contributed by atoms with Crippen LogP contribution in [0.5, 0.6) is 0 Å². The number of hydrogen-bond acceptors (Lipinski definition) is 4. The maximum Gasteiger partial charge on any atom is 0.324 e. The molecule has 0 atom stereocenters. The topological polar surface area (TPSA) is 72.2 Å². The van der Waals surface area contributed by atoms with Gasteiger partial charge in [-0.25, -0.2) is 0 Å². The highest BCUT2D eigenvalue weighted by atomic mass is 127. The van der Waals surface area contributed by atoms with Crippen molar-refractivity contribution in [2.24, 2.45) is 0 Å². The summed E-state index contributed by atoms with van der Waals surface area (Å²) in [5.74, 6) is -0.353. The van der Waals surface area contributed by atoms with E-state index in [1.165, 1.54) is 12.1 Å². The number of thiophene rings is 1. The number of benzene rings is 1. The fourth-order valence-corrected chi connectivity index (χ4v) is 2.87. The highest BCUT2D eigenvalue weighted by molar-refractivity contribution is 14.1. The van der Waals surface area contributed by atoms with Crippen molar-refractivity contribution < 1.29 is 9.72 Å². The second kappa shape index (κ2) is 5.97. The van der Waals surface area contributed by atoms with Crippen molar-refractivity contribution in [3.8, 4) is 0 Å². The maximum atomic E-state index is 12.0. The minimum atomic E-state index is -0.510. The Hall–Kier alpha value is -1.00. The second-order valence-corrected chi connectivity index (χ2v) is 6.61. The molecule has 0 aliphatic carbocycles.